The molecule has 0 unspecified atom stereocenters. The van der Waals surface area contributed by atoms with Crippen LogP contribution in [0.2, 0.25) is 0 Å². The van der Waals surface area contributed by atoms with Crippen LogP contribution in [-0.4, -0.2) is 35.9 Å². The summed E-state index contributed by atoms with van der Waals surface area (Å²) >= 11 is 0. The van der Waals surface area contributed by atoms with E-state index in [1.165, 1.54) is 0 Å². The van der Waals surface area contributed by atoms with Crippen LogP contribution in [0, 0.1) is 0 Å². The molecular weight excluding hydrogens is 278 g/mol. The van der Waals surface area contributed by atoms with Gasteiger partial charge in [-0.25, -0.2) is 4.68 Å². The van der Waals surface area contributed by atoms with Crippen LogP contribution in [0.5, 0.6) is 5.75 Å². The number of guanidine groups is 1. The van der Waals surface area contributed by atoms with Gasteiger partial charge in [0.2, 0.25) is 0 Å². The number of nitrogens with zero attached hydrogens (tertiary/aromatic N) is 3. The van der Waals surface area contributed by atoms with Crippen molar-refractivity contribution in [1.82, 2.24) is 20.4 Å². The van der Waals surface area contributed by atoms with Crippen molar-refractivity contribution in [1.29, 1.82) is 0 Å². The molecule has 6 nitrogen and oxygen atoms in total. The van der Waals surface area contributed by atoms with E-state index in [0.29, 0.717) is 12.6 Å². The Kier molecular flexibility index (Phi) is 5.41. The molecule has 0 radical (unpaired) electrons. The first-order valence-corrected chi connectivity index (χ1v) is 7.28. The lowest BCUT2D eigenvalue weighted by atomic mass is 10.3. The molecule has 22 heavy (non-hydrogen) atoms. The maximum atomic E-state index is 5.16. The lowest BCUT2D eigenvalue weighted by Gasteiger charge is -2.13. The van der Waals surface area contributed by atoms with Gasteiger partial charge in [-0.15, -0.1) is 0 Å². The monoisotopic (exact) mass is 301 g/mol. The van der Waals surface area contributed by atoms with Crippen molar-refractivity contribution in [2.45, 2.75) is 26.4 Å². The van der Waals surface area contributed by atoms with E-state index in [0.717, 1.165) is 23.1 Å². The summed E-state index contributed by atoms with van der Waals surface area (Å²) in [6, 6.07) is 10.1. The van der Waals surface area contributed by atoms with Crippen molar-refractivity contribution in [3.05, 3.63) is 42.2 Å². The minimum absolute atomic E-state index is 0.336. The Morgan fingerprint density at radius 2 is 2.00 bits per heavy atom. The third kappa shape index (κ3) is 4.25. The first kappa shape index (κ1) is 15.9. The van der Waals surface area contributed by atoms with Gasteiger partial charge in [-0.2, -0.15) is 5.10 Å². The van der Waals surface area contributed by atoms with Gasteiger partial charge in [-0.05, 0) is 44.2 Å². The molecule has 0 saturated carbocycles. The van der Waals surface area contributed by atoms with E-state index < -0.39 is 0 Å². The number of hydrogen-bond donors (Lipinski definition) is 2. The number of methoxy groups -OCH3 is 1. The molecule has 1 aromatic carbocycles. The lowest BCUT2D eigenvalue weighted by Crippen LogP contribution is -2.40. The van der Waals surface area contributed by atoms with Gasteiger partial charge in [0, 0.05) is 19.3 Å². The van der Waals surface area contributed by atoms with Crippen LogP contribution in [0.4, 0.5) is 0 Å². The molecule has 1 heterocycles. The molecule has 0 spiro atoms. The Labute approximate surface area is 131 Å². The number of aliphatic imine (C=N–C) groups is 1. The second-order valence-electron chi connectivity index (χ2n) is 5.17. The molecule has 0 bridgehead atoms. The second kappa shape index (κ2) is 7.49. The number of aromatic nitrogens is 2. The fourth-order valence-electron chi connectivity index (χ4n) is 1.98. The maximum Gasteiger partial charge on any atom is 0.191 e. The molecule has 0 saturated heterocycles. The van der Waals surface area contributed by atoms with Gasteiger partial charge < -0.3 is 15.4 Å². The number of ether oxygens (including phenoxy) is 1. The van der Waals surface area contributed by atoms with Gasteiger partial charge in [0.1, 0.15) is 5.75 Å². The third-order valence-electron chi connectivity index (χ3n) is 3.07. The Bertz CT molecular complexity index is 616. The van der Waals surface area contributed by atoms with Crippen molar-refractivity contribution in [2.75, 3.05) is 14.2 Å². The molecule has 0 aliphatic heterocycles. The fourth-order valence-corrected chi connectivity index (χ4v) is 1.98. The van der Waals surface area contributed by atoms with Crippen molar-refractivity contribution in [3.63, 3.8) is 0 Å². The Morgan fingerprint density at radius 3 is 2.59 bits per heavy atom. The van der Waals surface area contributed by atoms with Gasteiger partial charge in [0.05, 0.1) is 25.0 Å². The van der Waals surface area contributed by atoms with Gasteiger partial charge in [-0.3, -0.25) is 4.99 Å². The van der Waals surface area contributed by atoms with Crippen molar-refractivity contribution in [3.8, 4) is 11.4 Å². The Balaban J connectivity index is 1.98. The molecule has 0 amide bonds. The predicted octanol–water partition coefficient (Wildman–Crippen LogP) is 1.95. The molecule has 2 N–H and O–H groups in total. The smallest absolute Gasteiger partial charge is 0.191 e. The summed E-state index contributed by atoms with van der Waals surface area (Å²) < 4.78 is 7.00. The van der Waals surface area contributed by atoms with E-state index in [1.54, 1.807) is 14.2 Å². The van der Waals surface area contributed by atoms with Gasteiger partial charge >= 0.3 is 0 Å². The number of benzene rings is 1. The van der Waals surface area contributed by atoms with E-state index in [4.69, 9.17) is 4.74 Å². The standard InChI is InChI=1S/C16H23N5O/c1-12(2)19-16(17-3)18-11-13-9-10-21(20-13)14-5-7-15(22-4)8-6-14/h5-10,12H,11H2,1-4H3,(H2,17,18,19). The normalized spacial score (nSPS) is 11.6. The number of rotatable bonds is 5. The summed E-state index contributed by atoms with van der Waals surface area (Å²) in [5, 5.41) is 11.0. The summed E-state index contributed by atoms with van der Waals surface area (Å²) in [4.78, 5) is 4.17. The average Bonchev–Trinajstić information content (AvgIpc) is 3.00. The van der Waals surface area contributed by atoms with Crippen molar-refractivity contribution < 1.29 is 4.74 Å². The molecule has 0 atom stereocenters. The molecule has 0 aliphatic carbocycles. The first-order valence-electron chi connectivity index (χ1n) is 7.28. The highest BCUT2D eigenvalue weighted by Gasteiger charge is 2.04. The number of hydrogen-bond acceptors (Lipinski definition) is 3. The maximum absolute atomic E-state index is 5.16. The van der Waals surface area contributed by atoms with Crippen LogP contribution >= 0.6 is 0 Å². The summed E-state index contributed by atoms with van der Waals surface area (Å²) in [6.45, 7) is 4.77. The van der Waals surface area contributed by atoms with E-state index >= 15 is 0 Å². The van der Waals surface area contributed by atoms with E-state index in [1.807, 2.05) is 41.2 Å². The van der Waals surface area contributed by atoms with E-state index in [2.05, 4.69) is 34.6 Å². The zero-order valence-electron chi connectivity index (χ0n) is 13.5. The highest BCUT2D eigenvalue weighted by Crippen LogP contribution is 2.14. The Morgan fingerprint density at radius 1 is 1.27 bits per heavy atom. The minimum Gasteiger partial charge on any atom is -0.497 e. The summed E-state index contributed by atoms with van der Waals surface area (Å²) in [5.41, 5.74) is 1.94. The van der Waals surface area contributed by atoms with Crippen LogP contribution in [-0.2, 0) is 6.54 Å². The molecular formula is C16H23N5O. The summed E-state index contributed by atoms with van der Waals surface area (Å²) in [5.74, 6) is 1.61. The highest BCUT2D eigenvalue weighted by molar-refractivity contribution is 5.79. The molecule has 0 aliphatic rings. The number of nitrogens with one attached hydrogen (secondary N) is 2. The molecule has 2 rings (SSSR count). The van der Waals surface area contributed by atoms with Gasteiger partial charge in [-0.1, -0.05) is 0 Å². The Hall–Kier alpha value is -2.50. The van der Waals surface area contributed by atoms with E-state index in [-0.39, 0.29) is 0 Å². The van der Waals surface area contributed by atoms with Crippen LogP contribution in [0.25, 0.3) is 5.69 Å². The second-order valence-corrected chi connectivity index (χ2v) is 5.17. The van der Waals surface area contributed by atoms with Crippen LogP contribution in [0.15, 0.2) is 41.5 Å². The van der Waals surface area contributed by atoms with E-state index in [9.17, 15) is 0 Å². The molecule has 0 fully saturated rings. The fraction of sp³-hybridized carbons (Fsp3) is 0.375. The highest BCUT2D eigenvalue weighted by atomic mass is 16.5. The topological polar surface area (TPSA) is 63.5 Å². The van der Waals surface area contributed by atoms with Crippen LogP contribution in [0.3, 0.4) is 0 Å². The van der Waals surface area contributed by atoms with Gasteiger partial charge in [0.25, 0.3) is 0 Å². The minimum atomic E-state index is 0.336. The van der Waals surface area contributed by atoms with Crippen LogP contribution < -0.4 is 15.4 Å². The van der Waals surface area contributed by atoms with Gasteiger partial charge in [0.15, 0.2) is 5.96 Å². The average molecular weight is 301 g/mol. The predicted molar refractivity (Wildman–Crippen MR) is 88.6 cm³/mol. The molecule has 6 heteroatoms. The third-order valence-corrected chi connectivity index (χ3v) is 3.07. The summed E-state index contributed by atoms with van der Waals surface area (Å²) in [6.07, 6.45) is 1.94. The largest absolute Gasteiger partial charge is 0.497 e. The lowest BCUT2D eigenvalue weighted by molar-refractivity contribution is 0.414. The zero-order chi connectivity index (χ0) is 15.9. The SMILES string of the molecule is CN=C(NCc1ccn(-c2ccc(OC)cc2)n1)NC(C)C. The van der Waals surface area contributed by atoms with Crippen LogP contribution in [0.1, 0.15) is 19.5 Å². The first-order chi connectivity index (χ1) is 10.6. The molecule has 2 aromatic rings. The van der Waals surface area contributed by atoms with Crippen molar-refractivity contribution >= 4 is 5.96 Å². The molecule has 1 aromatic heterocycles. The van der Waals surface area contributed by atoms with Crippen molar-refractivity contribution in [2.24, 2.45) is 4.99 Å². The quantitative estimate of drug-likeness (QED) is 0.654. The summed E-state index contributed by atoms with van der Waals surface area (Å²) in [7, 11) is 3.42. The zero-order valence-corrected chi connectivity index (χ0v) is 13.5. The molecule has 118 valence electrons.